The SMILES string of the molecule is CCC(O)C(C)Oc1cccc(COC)c1. The lowest BCUT2D eigenvalue weighted by atomic mass is 10.2. The number of aliphatic hydroxyl groups excluding tert-OH is 1. The molecule has 0 heterocycles. The molecule has 2 atom stereocenters. The van der Waals surface area contributed by atoms with E-state index in [1.165, 1.54) is 0 Å². The van der Waals surface area contributed by atoms with Crippen LogP contribution in [0.4, 0.5) is 0 Å². The average molecular weight is 224 g/mol. The monoisotopic (exact) mass is 224 g/mol. The molecule has 0 aromatic heterocycles. The van der Waals surface area contributed by atoms with Crippen LogP contribution < -0.4 is 4.74 Å². The third-order valence-electron chi connectivity index (χ3n) is 2.49. The molecular weight excluding hydrogens is 204 g/mol. The standard InChI is InChI=1S/C13H20O3/c1-4-13(14)10(2)16-12-7-5-6-11(8-12)9-15-3/h5-8,10,13-14H,4,9H2,1-3H3. The first kappa shape index (κ1) is 13.0. The molecule has 3 nitrogen and oxygen atoms in total. The summed E-state index contributed by atoms with van der Waals surface area (Å²) in [6.45, 7) is 4.38. The molecular formula is C13H20O3. The first-order chi connectivity index (χ1) is 7.67. The Morgan fingerprint density at radius 3 is 2.75 bits per heavy atom. The van der Waals surface area contributed by atoms with Crippen LogP contribution >= 0.6 is 0 Å². The summed E-state index contributed by atoms with van der Waals surface area (Å²) in [5, 5.41) is 9.61. The van der Waals surface area contributed by atoms with Crippen molar-refractivity contribution in [2.75, 3.05) is 7.11 Å². The molecule has 0 fully saturated rings. The largest absolute Gasteiger partial charge is 0.488 e. The van der Waals surface area contributed by atoms with Crippen LogP contribution in [0.15, 0.2) is 24.3 Å². The van der Waals surface area contributed by atoms with Gasteiger partial charge in [0.25, 0.3) is 0 Å². The Hall–Kier alpha value is -1.06. The third-order valence-corrected chi connectivity index (χ3v) is 2.49. The van der Waals surface area contributed by atoms with Gasteiger partial charge in [-0.3, -0.25) is 0 Å². The van der Waals surface area contributed by atoms with Gasteiger partial charge in [-0.25, -0.2) is 0 Å². The summed E-state index contributed by atoms with van der Waals surface area (Å²) in [6, 6.07) is 7.73. The van der Waals surface area contributed by atoms with Crippen molar-refractivity contribution >= 4 is 0 Å². The molecule has 0 aliphatic carbocycles. The van der Waals surface area contributed by atoms with E-state index in [9.17, 15) is 5.11 Å². The first-order valence-corrected chi connectivity index (χ1v) is 5.60. The minimum Gasteiger partial charge on any atom is -0.488 e. The maximum Gasteiger partial charge on any atom is 0.122 e. The summed E-state index contributed by atoms with van der Waals surface area (Å²) in [7, 11) is 1.66. The van der Waals surface area contributed by atoms with E-state index >= 15 is 0 Å². The van der Waals surface area contributed by atoms with Gasteiger partial charge in [0.05, 0.1) is 12.7 Å². The molecule has 0 radical (unpaired) electrons. The van der Waals surface area contributed by atoms with Gasteiger partial charge >= 0.3 is 0 Å². The number of methoxy groups -OCH3 is 1. The molecule has 0 spiro atoms. The molecule has 1 aromatic rings. The zero-order valence-corrected chi connectivity index (χ0v) is 10.1. The fourth-order valence-electron chi connectivity index (χ4n) is 1.50. The normalized spacial score (nSPS) is 14.5. The Bertz CT molecular complexity index is 312. The van der Waals surface area contributed by atoms with Gasteiger partial charge in [-0.15, -0.1) is 0 Å². The molecule has 90 valence electrons. The van der Waals surface area contributed by atoms with Crippen LogP contribution in [-0.2, 0) is 11.3 Å². The Kier molecular flexibility index (Phi) is 5.29. The van der Waals surface area contributed by atoms with Gasteiger partial charge in [0.1, 0.15) is 11.9 Å². The Balaban J connectivity index is 2.62. The molecule has 1 aromatic carbocycles. The molecule has 1 rings (SSSR count). The number of benzene rings is 1. The predicted molar refractivity (Wildman–Crippen MR) is 63.5 cm³/mol. The topological polar surface area (TPSA) is 38.7 Å². The number of rotatable bonds is 6. The molecule has 0 amide bonds. The van der Waals surface area contributed by atoms with Crippen molar-refractivity contribution in [1.29, 1.82) is 0 Å². The van der Waals surface area contributed by atoms with Crippen molar-refractivity contribution in [2.24, 2.45) is 0 Å². The highest BCUT2D eigenvalue weighted by molar-refractivity contribution is 5.28. The van der Waals surface area contributed by atoms with Gasteiger partial charge < -0.3 is 14.6 Å². The minimum absolute atomic E-state index is 0.192. The second kappa shape index (κ2) is 6.51. The Morgan fingerprint density at radius 1 is 1.38 bits per heavy atom. The highest BCUT2D eigenvalue weighted by Gasteiger charge is 2.13. The molecule has 1 N–H and O–H groups in total. The minimum atomic E-state index is -0.425. The van der Waals surface area contributed by atoms with Crippen molar-refractivity contribution < 1.29 is 14.6 Å². The fourth-order valence-corrected chi connectivity index (χ4v) is 1.50. The van der Waals surface area contributed by atoms with Crippen molar-refractivity contribution in [3.05, 3.63) is 29.8 Å². The lowest BCUT2D eigenvalue weighted by molar-refractivity contribution is 0.0450. The van der Waals surface area contributed by atoms with E-state index in [4.69, 9.17) is 9.47 Å². The van der Waals surface area contributed by atoms with Gasteiger partial charge in [0, 0.05) is 7.11 Å². The maximum absolute atomic E-state index is 9.61. The maximum atomic E-state index is 9.61. The molecule has 0 aliphatic rings. The lowest BCUT2D eigenvalue weighted by Gasteiger charge is -2.19. The van der Waals surface area contributed by atoms with Crippen LogP contribution in [0.3, 0.4) is 0 Å². The van der Waals surface area contributed by atoms with Gasteiger partial charge in [0.2, 0.25) is 0 Å². The number of hydrogen-bond acceptors (Lipinski definition) is 3. The van der Waals surface area contributed by atoms with E-state index in [-0.39, 0.29) is 6.10 Å². The zero-order valence-electron chi connectivity index (χ0n) is 10.1. The van der Waals surface area contributed by atoms with Crippen LogP contribution in [0.5, 0.6) is 5.75 Å². The smallest absolute Gasteiger partial charge is 0.122 e. The Labute approximate surface area is 97.0 Å². The molecule has 3 heteroatoms. The quantitative estimate of drug-likeness (QED) is 0.806. The van der Waals surface area contributed by atoms with E-state index in [0.717, 1.165) is 11.3 Å². The first-order valence-electron chi connectivity index (χ1n) is 5.60. The summed E-state index contributed by atoms with van der Waals surface area (Å²) in [6.07, 6.45) is 0.0766. The molecule has 2 unspecified atom stereocenters. The van der Waals surface area contributed by atoms with Gasteiger partial charge in [-0.1, -0.05) is 19.1 Å². The fraction of sp³-hybridized carbons (Fsp3) is 0.538. The number of ether oxygens (including phenoxy) is 2. The highest BCUT2D eigenvalue weighted by Crippen LogP contribution is 2.17. The second-order valence-electron chi connectivity index (χ2n) is 3.88. The van der Waals surface area contributed by atoms with E-state index < -0.39 is 6.10 Å². The molecule has 16 heavy (non-hydrogen) atoms. The van der Waals surface area contributed by atoms with Crippen LogP contribution in [0.2, 0.25) is 0 Å². The molecule has 0 bridgehead atoms. The lowest BCUT2D eigenvalue weighted by Crippen LogP contribution is -2.27. The Morgan fingerprint density at radius 2 is 2.12 bits per heavy atom. The van der Waals surface area contributed by atoms with Crippen LogP contribution in [-0.4, -0.2) is 24.4 Å². The molecule has 0 aliphatic heterocycles. The van der Waals surface area contributed by atoms with Gasteiger partial charge in [0.15, 0.2) is 0 Å². The van der Waals surface area contributed by atoms with Gasteiger partial charge in [-0.2, -0.15) is 0 Å². The van der Waals surface area contributed by atoms with E-state index in [1.807, 2.05) is 38.1 Å². The van der Waals surface area contributed by atoms with E-state index in [1.54, 1.807) is 7.11 Å². The number of aliphatic hydroxyl groups is 1. The molecule has 0 saturated heterocycles. The second-order valence-corrected chi connectivity index (χ2v) is 3.88. The van der Waals surface area contributed by atoms with Crippen molar-refractivity contribution in [3.63, 3.8) is 0 Å². The van der Waals surface area contributed by atoms with Crippen molar-refractivity contribution in [3.8, 4) is 5.75 Å². The summed E-state index contributed by atoms with van der Waals surface area (Å²) in [4.78, 5) is 0. The van der Waals surface area contributed by atoms with E-state index in [0.29, 0.717) is 13.0 Å². The summed E-state index contributed by atoms with van der Waals surface area (Å²) >= 11 is 0. The highest BCUT2D eigenvalue weighted by atomic mass is 16.5. The van der Waals surface area contributed by atoms with Crippen molar-refractivity contribution in [2.45, 2.75) is 39.1 Å². The van der Waals surface area contributed by atoms with E-state index in [2.05, 4.69) is 0 Å². The van der Waals surface area contributed by atoms with Crippen LogP contribution in [0, 0.1) is 0 Å². The zero-order chi connectivity index (χ0) is 12.0. The number of hydrogen-bond donors (Lipinski definition) is 1. The van der Waals surface area contributed by atoms with Crippen LogP contribution in [0.1, 0.15) is 25.8 Å². The molecule has 0 saturated carbocycles. The third kappa shape index (κ3) is 3.83. The predicted octanol–water partition coefficient (Wildman–Crippen LogP) is 2.37. The summed E-state index contributed by atoms with van der Waals surface area (Å²) < 4.78 is 10.7. The van der Waals surface area contributed by atoms with Gasteiger partial charge in [-0.05, 0) is 31.0 Å². The summed E-state index contributed by atoms with van der Waals surface area (Å²) in [5.74, 6) is 0.773. The summed E-state index contributed by atoms with van der Waals surface area (Å²) in [5.41, 5.74) is 1.07. The van der Waals surface area contributed by atoms with Crippen molar-refractivity contribution in [1.82, 2.24) is 0 Å². The van der Waals surface area contributed by atoms with Crippen LogP contribution in [0.25, 0.3) is 0 Å². The average Bonchev–Trinajstić information content (AvgIpc) is 2.29.